The minimum atomic E-state index is -0.761. The summed E-state index contributed by atoms with van der Waals surface area (Å²) in [5.41, 5.74) is 6.87. The number of nitrogens with one attached hydrogen (secondary N) is 1. The largest absolute Gasteiger partial charge is 0.383 e. The van der Waals surface area contributed by atoms with Crippen LogP contribution in [0.5, 0.6) is 0 Å². The van der Waals surface area contributed by atoms with Crippen molar-refractivity contribution in [3.05, 3.63) is 39.4 Å². The Bertz CT molecular complexity index is 504. The third-order valence-corrected chi connectivity index (χ3v) is 2.97. The summed E-state index contributed by atoms with van der Waals surface area (Å²) >= 11 is 0. The number of methoxy groups -OCH3 is 1. The molecule has 0 bridgehead atoms. The van der Waals surface area contributed by atoms with Crippen LogP contribution in [0.3, 0.4) is 0 Å². The van der Waals surface area contributed by atoms with Crippen LogP contribution in [0.25, 0.3) is 0 Å². The predicted molar refractivity (Wildman–Crippen MR) is 74.2 cm³/mol. The van der Waals surface area contributed by atoms with E-state index in [1.54, 1.807) is 26.0 Å². The van der Waals surface area contributed by atoms with Crippen LogP contribution in [-0.4, -0.2) is 30.6 Å². The second kappa shape index (κ2) is 6.97. The number of ether oxygens (including phenoxy) is 1. The summed E-state index contributed by atoms with van der Waals surface area (Å²) in [6.45, 7) is 3.53. The van der Waals surface area contributed by atoms with Gasteiger partial charge in [-0.05, 0) is 19.4 Å². The van der Waals surface area contributed by atoms with Crippen molar-refractivity contribution in [2.75, 3.05) is 13.7 Å². The smallest absolute Gasteiger partial charge is 0.272 e. The van der Waals surface area contributed by atoms with Crippen molar-refractivity contribution in [1.29, 1.82) is 0 Å². The van der Waals surface area contributed by atoms with Crippen LogP contribution in [0, 0.1) is 17.0 Å². The van der Waals surface area contributed by atoms with Gasteiger partial charge in [0.05, 0.1) is 17.6 Å². The average molecular weight is 281 g/mol. The molecule has 0 aromatic heterocycles. The molecule has 7 heteroatoms. The number of carbonyl (C=O) groups is 1. The van der Waals surface area contributed by atoms with E-state index in [0.717, 1.165) is 0 Å². The van der Waals surface area contributed by atoms with Gasteiger partial charge in [-0.15, -0.1) is 0 Å². The molecule has 2 atom stereocenters. The maximum absolute atomic E-state index is 11.8. The standard InChI is InChI=1S/C13H19N3O4/c1-8-4-5-10(6-12(8)16(18)19)9(2)15-13(17)11(14)7-20-3/h4-6,9,11H,7,14H2,1-3H3,(H,15,17). The molecule has 1 aromatic carbocycles. The highest BCUT2D eigenvalue weighted by Crippen LogP contribution is 2.23. The van der Waals surface area contributed by atoms with Crippen LogP contribution in [0.1, 0.15) is 24.1 Å². The lowest BCUT2D eigenvalue weighted by Crippen LogP contribution is -2.44. The number of aryl methyl sites for hydroxylation is 1. The highest BCUT2D eigenvalue weighted by Gasteiger charge is 2.18. The summed E-state index contributed by atoms with van der Waals surface area (Å²) in [6, 6.07) is 3.73. The minimum Gasteiger partial charge on any atom is -0.383 e. The summed E-state index contributed by atoms with van der Waals surface area (Å²) in [4.78, 5) is 22.2. The Balaban J connectivity index is 2.82. The van der Waals surface area contributed by atoms with Crippen LogP contribution in [-0.2, 0) is 9.53 Å². The van der Waals surface area contributed by atoms with Crippen LogP contribution >= 0.6 is 0 Å². The molecule has 2 unspecified atom stereocenters. The van der Waals surface area contributed by atoms with E-state index in [4.69, 9.17) is 10.5 Å². The number of amides is 1. The van der Waals surface area contributed by atoms with Gasteiger partial charge in [0, 0.05) is 18.7 Å². The second-order valence-corrected chi connectivity index (χ2v) is 4.60. The average Bonchev–Trinajstić information content (AvgIpc) is 2.38. The number of rotatable bonds is 6. The topological polar surface area (TPSA) is 107 Å². The molecule has 3 N–H and O–H groups in total. The van der Waals surface area contributed by atoms with E-state index in [1.807, 2.05) is 0 Å². The van der Waals surface area contributed by atoms with Gasteiger partial charge in [0.2, 0.25) is 5.91 Å². The molecule has 0 spiro atoms. The lowest BCUT2D eigenvalue weighted by molar-refractivity contribution is -0.385. The number of nitro groups is 1. The maximum atomic E-state index is 11.8. The summed E-state index contributed by atoms with van der Waals surface area (Å²) in [5.74, 6) is -0.359. The molecule has 0 fully saturated rings. The van der Waals surface area contributed by atoms with Crippen LogP contribution in [0.15, 0.2) is 18.2 Å². The molecule has 7 nitrogen and oxygen atoms in total. The van der Waals surface area contributed by atoms with E-state index in [2.05, 4.69) is 5.32 Å². The molecule has 0 aliphatic rings. The minimum absolute atomic E-state index is 0.0322. The number of benzene rings is 1. The van der Waals surface area contributed by atoms with Crippen molar-refractivity contribution in [2.24, 2.45) is 5.73 Å². The van der Waals surface area contributed by atoms with E-state index < -0.39 is 11.0 Å². The fraction of sp³-hybridized carbons (Fsp3) is 0.462. The van der Waals surface area contributed by atoms with Gasteiger partial charge in [0.1, 0.15) is 6.04 Å². The maximum Gasteiger partial charge on any atom is 0.272 e. The lowest BCUT2D eigenvalue weighted by Gasteiger charge is -2.17. The van der Waals surface area contributed by atoms with Gasteiger partial charge in [-0.2, -0.15) is 0 Å². The van der Waals surface area contributed by atoms with Crippen molar-refractivity contribution < 1.29 is 14.5 Å². The SMILES string of the molecule is COCC(N)C(=O)NC(C)c1ccc(C)c([N+](=O)[O-])c1. The molecule has 0 saturated carbocycles. The molecular weight excluding hydrogens is 262 g/mol. The van der Waals surface area contributed by atoms with Gasteiger partial charge in [-0.25, -0.2) is 0 Å². The number of nitro benzene ring substituents is 1. The van der Waals surface area contributed by atoms with E-state index in [0.29, 0.717) is 11.1 Å². The molecular formula is C13H19N3O4. The highest BCUT2D eigenvalue weighted by molar-refractivity contribution is 5.82. The first kappa shape index (κ1) is 16.1. The molecule has 0 radical (unpaired) electrons. The van der Waals surface area contributed by atoms with Gasteiger partial charge >= 0.3 is 0 Å². The van der Waals surface area contributed by atoms with Gasteiger partial charge in [0.15, 0.2) is 0 Å². The van der Waals surface area contributed by atoms with Crippen molar-refractivity contribution in [1.82, 2.24) is 5.32 Å². The molecule has 1 rings (SSSR count). The van der Waals surface area contributed by atoms with Gasteiger partial charge in [-0.1, -0.05) is 12.1 Å². The zero-order valence-electron chi connectivity index (χ0n) is 11.8. The number of nitrogens with two attached hydrogens (primary N) is 1. The zero-order valence-corrected chi connectivity index (χ0v) is 11.8. The van der Waals surface area contributed by atoms with Gasteiger partial charge < -0.3 is 15.8 Å². The van der Waals surface area contributed by atoms with Crippen LogP contribution in [0.2, 0.25) is 0 Å². The van der Waals surface area contributed by atoms with Crippen molar-refractivity contribution in [3.63, 3.8) is 0 Å². The summed E-state index contributed by atoms with van der Waals surface area (Å²) in [6.07, 6.45) is 0. The van der Waals surface area contributed by atoms with Crippen molar-refractivity contribution in [2.45, 2.75) is 25.9 Å². The van der Waals surface area contributed by atoms with E-state index in [9.17, 15) is 14.9 Å². The van der Waals surface area contributed by atoms with Gasteiger partial charge in [-0.3, -0.25) is 14.9 Å². The monoisotopic (exact) mass is 281 g/mol. The number of hydrogen-bond acceptors (Lipinski definition) is 5. The van der Waals surface area contributed by atoms with E-state index in [-0.39, 0.29) is 24.2 Å². The first-order valence-electron chi connectivity index (χ1n) is 6.16. The Kier molecular flexibility index (Phi) is 5.60. The molecule has 1 amide bonds. The van der Waals surface area contributed by atoms with Crippen molar-refractivity contribution in [3.8, 4) is 0 Å². The lowest BCUT2D eigenvalue weighted by atomic mass is 10.0. The highest BCUT2D eigenvalue weighted by atomic mass is 16.6. The van der Waals surface area contributed by atoms with Crippen molar-refractivity contribution >= 4 is 11.6 Å². The summed E-state index contributed by atoms with van der Waals surface area (Å²) in [5, 5.41) is 13.6. The second-order valence-electron chi connectivity index (χ2n) is 4.60. The Morgan fingerprint density at radius 1 is 1.55 bits per heavy atom. The molecule has 0 saturated heterocycles. The van der Waals surface area contributed by atoms with Crippen LogP contribution < -0.4 is 11.1 Å². The first-order valence-corrected chi connectivity index (χ1v) is 6.16. The van der Waals surface area contributed by atoms with E-state index >= 15 is 0 Å². The molecule has 20 heavy (non-hydrogen) atoms. The van der Waals surface area contributed by atoms with Crippen LogP contribution in [0.4, 0.5) is 5.69 Å². The van der Waals surface area contributed by atoms with Gasteiger partial charge in [0.25, 0.3) is 5.69 Å². The van der Waals surface area contributed by atoms with E-state index in [1.165, 1.54) is 13.2 Å². The summed E-state index contributed by atoms with van der Waals surface area (Å²) in [7, 11) is 1.46. The fourth-order valence-electron chi connectivity index (χ4n) is 1.75. The number of hydrogen-bond donors (Lipinski definition) is 2. The third-order valence-electron chi connectivity index (χ3n) is 2.97. The fourth-order valence-corrected chi connectivity index (χ4v) is 1.75. The molecule has 0 aliphatic carbocycles. The molecule has 1 aromatic rings. The Hall–Kier alpha value is -1.99. The summed E-state index contributed by atoms with van der Waals surface area (Å²) < 4.78 is 4.80. The Labute approximate surface area is 117 Å². The molecule has 110 valence electrons. The number of carbonyl (C=O) groups excluding carboxylic acids is 1. The Morgan fingerprint density at radius 3 is 2.75 bits per heavy atom. The Morgan fingerprint density at radius 2 is 2.20 bits per heavy atom. The zero-order chi connectivity index (χ0) is 15.3. The quantitative estimate of drug-likeness (QED) is 0.598. The first-order chi connectivity index (χ1) is 9.36. The predicted octanol–water partition coefficient (Wildman–Crippen LogP) is 1.05. The third kappa shape index (κ3) is 4.01. The normalized spacial score (nSPS) is 13.6. The number of nitrogens with zero attached hydrogens (tertiary/aromatic N) is 1. The molecule has 0 heterocycles. The molecule has 0 aliphatic heterocycles.